The fourth-order valence-electron chi connectivity index (χ4n) is 2.59. The Labute approximate surface area is 153 Å². The van der Waals surface area contributed by atoms with Gasteiger partial charge in [-0.3, -0.25) is 4.79 Å². The molecular weight excluding hydrogens is 355 g/mol. The number of benzene rings is 3. The number of carbonyl (C=O) groups excluding carboxylic acids is 1. The molecule has 0 fully saturated rings. The lowest BCUT2D eigenvalue weighted by molar-refractivity contribution is 0.102. The predicted octanol–water partition coefficient (Wildman–Crippen LogP) is 5.54. The Morgan fingerprint density at radius 1 is 1.04 bits per heavy atom. The molecule has 128 valence electrons. The first-order valence-corrected chi connectivity index (χ1v) is 8.20. The Morgan fingerprint density at radius 2 is 1.88 bits per heavy atom. The molecule has 26 heavy (non-hydrogen) atoms. The zero-order valence-corrected chi connectivity index (χ0v) is 14.1. The van der Waals surface area contributed by atoms with Crippen molar-refractivity contribution < 1.29 is 13.6 Å². The van der Waals surface area contributed by atoms with Gasteiger partial charge in [0.25, 0.3) is 5.91 Å². The molecule has 6 heteroatoms. The molecule has 0 unspecified atom stereocenters. The first kappa shape index (κ1) is 16.3. The second-order valence-corrected chi connectivity index (χ2v) is 6.11. The van der Waals surface area contributed by atoms with Gasteiger partial charge >= 0.3 is 0 Å². The Hall–Kier alpha value is -3.18. The summed E-state index contributed by atoms with van der Waals surface area (Å²) in [7, 11) is 0. The van der Waals surface area contributed by atoms with E-state index in [1.54, 1.807) is 42.5 Å². The van der Waals surface area contributed by atoms with Crippen molar-refractivity contribution >= 4 is 34.3 Å². The maximum atomic E-state index is 13.3. The van der Waals surface area contributed by atoms with Gasteiger partial charge in [0.2, 0.25) is 5.89 Å². The Morgan fingerprint density at radius 3 is 2.73 bits per heavy atom. The van der Waals surface area contributed by atoms with Crippen molar-refractivity contribution in [3.05, 3.63) is 83.1 Å². The zero-order valence-electron chi connectivity index (χ0n) is 13.4. The maximum Gasteiger partial charge on any atom is 0.255 e. The minimum absolute atomic E-state index is 0.243. The highest BCUT2D eigenvalue weighted by atomic mass is 35.5. The van der Waals surface area contributed by atoms with E-state index in [-0.39, 0.29) is 5.56 Å². The second kappa shape index (κ2) is 6.61. The number of halogens is 2. The number of fused-ring (bicyclic) bond motifs is 1. The highest BCUT2D eigenvalue weighted by molar-refractivity contribution is 6.31. The molecule has 0 atom stereocenters. The summed E-state index contributed by atoms with van der Waals surface area (Å²) in [5, 5.41) is 3.32. The molecular formula is C20H12ClFN2O2. The van der Waals surface area contributed by atoms with Gasteiger partial charge in [-0.05, 0) is 54.6 Å². The molecule has 1 N–H and O–H groups in total. The third-order valence-electron chi connectivity index (χ3n) is 3.80. The Balaban J connectivity index is 1.62. The molecule has 1 aromatic heterocycles. The van der Waals surface area contributed by atoms with Crippen molar-refractivity contribution in [2.24, 2.45) is 0 Å². The summed E-state index contributed by atoms with van der Waals surface area (Å²) in [6.45, 7) is 0. The molecule has 4 rings (SSSR count). The van der Waals surface area contributed by atoms with Gasteiger partial charge in [0.15, 0.2) is 5.58 Å². The summed E-state index contributed by atoms with van der Waals surface area (Å²) in [4.78, 5) is 16.7. The van der Waals surface area contributed by atoms with Crippen molar-refractivity contribution in [2.75, 3.05) is 5.32 Å². The number of nitrogens with one attached hydrogen (secondary N) is 1. The van der Waals surface area contributed by atoms with Crippen LogP contribution in [0.4, 0.5) is 10.1 Å². The van der Waals surface area contributed by atoms with Gasteiger partial charge in [-0.15, -0.1) is 0 Å². The zero-order chi connectivity index (χ0) is 18.1. The van der Waals surface area contributed by atoms with Crippen molar-refractivity contribution in [1.29, 1.82) is 0 Å². The molecule has 3 aromatic carbocycles. The number of carbonyl (C=O) groups is 1. The van der Waals surface area contributed by atoms with Gasteiger partial charge in [0, 0.05) is 21.8 Å². The van der Waals surface area contributed by atoms with E-state index in [1.165, 1.54) is 18.2 Å². The molecule has 0 aliphatic heterocycles. The number of anilines is 1. The lowest BCUT2D eigenvalue weighted by atomic mass is 10.1. The van der Waals surface area contributed by atoms with Crippen LogP contribution >= 0.6 is 11.6 Å². The molecule has 0 aliphatic rings. The predicted molar refractivity (Wildman–Crippen MR) is 98.8 cm³/mol. The van der Waals surface area contributed by atoms with E-state index >= 15 is 0 Å². The van der Waals surface area contributed by atoms with Crippen LogP contribution in [0.5, 0.6) is 0 Å². The van der Waals surface area contributed by atoms with E-state index in [0.717, 1.165) is 0 Å². The topological polar surface area (TPSA) is 55.1 Å². The average Bonchev–Trinajstić information content (AvgIpc) is 3.05. The van der Waals surface area contributed by atoms with E-state index in [2.05, 4.69) is 10.3 Å². The molecule has 0 bridgehead atoms. The SMILES string of the molecule is O=C(Nc1cccc(-c2nc3cc(Cl)ccc3o2)c1)c1cccc(F)c1. The van der Waals surface area contributed by atoms with E-state index in [9.17, 15) is 9.18 Å². The maximum absolute atomic E-state index is 13.3. The lowest BCUT2D eigenvalue weighted by Gasteiger charge is -2.06. The number of oxazole rings is 1. The fourth-order valence-corrected chi connectivity index (χ4v) is 2.75. The fraction of sp³-hybridized carbons (Fsp3) is 0. The third-order valence-corrected chi connectivity index (χ3v) is 4.04. The first-order chi connectivity index (χ1) is 12.6. The number of amides is 1. The largest absolute Gasteiger partial charge is 0.436 e. The number of rotatable bonds is 3. The number of hydrogen-bond donors (Lipinski definition) is 1. The molecule has 4 nitrogen and oxygen atoms in total. The first-order valence-electron chi connectivity index (χ1n) is 7.82. The Kier molecular flexibility index (Phi) is 4.14. The van der Waals surface area contributed by atoms with Gasteiger partial charge in [-0.2, -0.15) is 0 Å². The third kappa shape index (κ3) is 3.30. The highest BCUT2D eigenvalue weighted by Gasteiger charge is 2.11. The van der Waals surface area contributed by atoms with Gasteiger partial charge in [-0.25, -0.2) is 9.37 Å². The number of nitrogens with zero attached hydrogens (tertiary/aromatic N) is 1. The van der Waals surface area contributed by atoms with Crippen LogP contribution in [0.25, 0.3) is 22.6 Å². The van der Waals surface area contributed by atoms with Crippen LogP contribution in [0.15, 0.2) is 71.1 Å². The van der Waals surface area contributed by atoms with Crippen LogP contribution in [-0.4, -0.2) is 10.9 Å². The van der Waals surface area contributed by atoms with Gasteiger partial charge in [-0.1, -0.05) is 23.7 Å². The summed E-state index contributed by atoms with van der Waals surface area (Å²) in [5.74, 6) is -0.438. The van der Waals surface area contributed by atoms with E-state index in [1.807, 2.05) is 6.07 Å². The van der Waals surface area contributed by atoms with Gasteiger partial charge in [0.1, 0.15) is 11.3 Å². The van der Waals surface area contributed by atoms with E-state index < -0.39 is 11.7 Å². The molecule has 0 spiro atoms. The molecule has 1 amide bonds. The highest BCUT2D eigenvalue weighted by Crippen LogP contribution is 2.27. The van der Waals surface area contributed by atoms with Crippen LogP contribution in [0.1, 0.15) is 10.4 Å². The summed E-state index contributed by atoms with van der Waals surface area (Å²) < 4.78 is 19.0. The summed E-state index contributed by atoms with van der Waals surface area (Å²) in [6.07, 6.45) is 0. The molecule has 0 aliphatic carbocycles. The monoisotopic (exact) mass is 366 g/mol. The van der Waals surface area contributed by atoms with Crippen LogP contribution in [-0.2, 0) is 0 Å². The Bertz CT molecular complexity index is 1120. The van der Waals surface area contributed by atoms with Crippen LogP contribution in [0, 0.1) is 5.82 Å². The summed E-state index contributed by atoms with van der Waals surface area (Å²) >= 11 is 5.97. The standard InChI is InChI=1S/C20H12ClFN2O2/c21-14-7-8-18-17(11-14)24-20(26-18)13-4-2-6-16(10-13)23-19(25)12-3-1-5-15(22)9-12/h1-11H,(H,23,25). The normalized spacial score (nSPS) is 10.8. The molecule has 4 aromatic rings. The number of hydrogen-bond acceptors (Lipinski definition) is 3. The average molecular weight is 367 g/mol. The minimum atomic E-state index is -0.462. The van der Waals surface area contributed by atoms with Crippen molar-refractivity contribution in [2.45, 2.75) is 0 Å². The van der Waals surface area contributed by atoms with E-state index in [4.69, 9.17) is 16.0 Å². The van der Waals surface area contributed by atoms with Crippen LogP contribution in [0.2, 0.25) is 5.02 Å². The van der Waals surface area contributed by atoms with Crippen molar-refractivity contribution in [3.63, 3.8) is 0 Å². The number of aromatic nitrogens is 1. The summed E-state index contributed by atoms with van der Waals surface area (Å²) in [6, 6.07) is 17.8. The summed E-state index contributed by atoms with van der Waals surface area (Å²) in [5.41, 5.74) is 2.78. The van der Waals surface area contributed by atoms with E-state index in [0.29, 0.717) is 33.3 Å². The molecule has 0 radical (unpaired) electrons. The van der Waals surface area contributed by atoms with Gasteiger partial charge in [0.05, 0.1) is 0 Å². The smallest absolute Gasteiger partial charge is 0.255 e. The van der Waals surface area contributed by atoms with Crippen LogP contribution in [0.3, 0.4) is 0 Å². The van der Waals surface area contributed by atoms with Crippen LogP contribution < -0.4 is 5.32 Å². The molecule has 0 saturated heterocycles. The minimum Gasteiger partial charge on any atom is -0.436 e. The quantitative estimate of drug-likeness (QED) is 0.518. The van der Waals surface area contributed by atoms with Gasteiger partial charge < -0.3 is 9.73 Å². The lowest BCUT2D eigenvalue weighted by Crippen LogP contribution is -2.12. The molecule has 1 heterocycles. The second-order valence-electron chi connectivity index (χ2n) is 5.68. The van der Waals surface area contributed by atoms with Crippen molar-refractivity contribution in [3.8, 4) is 11.5 Å². The van der Waals surface area contributed by atoms with Crippen molar-refractivity contribution in [1.82, 2.24) is 4.98 Å². The molecule has 0 saturated carbocycles.